The summed E-state index contributed by atoms with van der Waals surface area (Å²) >= 11 is 5.90. The molecule has 1 fully saturated rings. The van der Waals surface area contributed by atoms with E-state index in [1.165, 1.54) is 23.9 Å². The molecule has 0 aliphatic carbocycles. The SMILES string of the molecule is ClCCC1CCCN(c2ccnc3ccccc23)C1. The first-order chi connectivity index (χ1) is 9.38. The Morgan fingerprint density at radius 3 is 3.05 bits per heavy atom. The second kappa shape index (κ2) is 5.79. The Morgan fingerprint density at radius 2 is 2.16 bits per heavy atom. The molecule has 0 radical (unpaired) electrons. The lowest BCUT2D eigenvalue weighted by Crippen LogP contribution is -2.35. The lowest BCUT2D eigenvalue weighted by molar-refractivity contribution is 0.407. The molecule has 1 aromatic heterocycles. The topological polar surface area (TPSA) is 16.1 Å². The zero-order valence-electron chi connectivity index (χ0n) is 11.1. The molecule has 1 unspecified atom stereocenters. The van der Waals surface area contributed by atoms with Crippen LogP contribution in [-0.4, -0.2) is 24.0 Å². The minimum atomic E-state index is 0.734. The fraction of sp³-hybridized carbons (Fsp3) is 0.438. The van der Waals surface area contributed by atoms with Crippen LogP contribution in [-0.2, 0) is 0 Å². The van der Waals surface area contributed by atoms with Gasteiger partial charge in [-0.2, -0.15) is 0 Å². The monoisotopic (exact) mass is 274 g/mol. The van der Waals surface area contributed by atoms with Gasteiger partial charge in [0.25, 0.3) is 0 Å². The number of hydrogen-bond donors (Lipinski definition) is 0. The van der Waals surface area contributed by atoms with Crippen LogP contribution in [0.5, 0.6) is 0 Å². The highest BCUT2D eigenvalue weighted by molar-refractivity contribution is 6.17. The van der Waals surface area contributed by atoms with Crippen LogP contribution in [0.15, 0.2) is 36.5 Å². The van der Waals surface area contributed by atoms with E-state index in [0.29, 0.717) is 0 Å². The lowest BCUT2D eigenvalue weighted by Gasteiger charge is -2.34. The number of para-hydroxylation sites is 1. The molecule has 1 aromatic carbocycles. The van der Waals surface area contributed by atoms with E-state index < -0.39 is 0 Å². The molecule has 3 rings (SSSR count). The maximum absolute atomic E-state index is 5.90. The summed E-state index contributed by atoms with van der Waals surface area (Å²) in [6, 6.07) is 10.5. The predicted molar refractivity (Wildman–Crippen MR) is 82.0 cm³/mol. The van der Waals surface area contributed by atoms with Crippen LogP contribution in [0.25, 0.3) is 10.9 Å². The number of alkyl halides is 1. The van der Waals surface area contributed by atoms with Gasteiger partial charge in [0.1, 0.15) is 0 Å². The van der Waals surface area contributed by atoms with Crippen molar-refractivity contribution < 1.29 is 0 Å². The average Bonchev–Trinajstić information content (AvgIpc) is 2.47. The molecule has 2 aromatic rings. The largest absolute Gasteiger partial charge is 0.371 e. The lowest BCUT2D eigenvalue weighted by atomic mass is 9.95. The summed E-state index contributed by atoms with van der Waals surface area (Å²) in [6.45, 7) is 2.27. The molecule has 1 atom stereocenters. The second-order valence-electron chi connectivity index (χ2n) is 5.28. The molecular weight excluding hydrogens is 256 g/mol. The van der Waals surface area contributed by atoms with E-state index in [1.54, 1.807) is 0 Å². The van der Waals surface area contributed by atoms with E-state index in [9.17, 15) is 0 Å². The van der Waals surface area contributed by atoms with Crippen molar-refractivity contribution in [3.63, 3.8) is 0 Å². The third-order valence-electron chi connectivity index (χ3n) is 4.00. The van der Waals surface area contributed by atoms with Crippen molar-refractivity contribution in [3.05, 3.63) is 36.5 Å². The molecule has 2 heterocycles. The number of piperidine rings is 1. The Bertz CT molecular complexity index is 548. The quantitative estimate of drug-likeness (QED) is 0.784. The summed E-state index contributed by atoms with van der Waals surface area (Å²) in [7, 11) is 0. The predicted octanol–water partition coefficient (Wildman–Crippen LogP) is 4.08. The van der Waals surface area contributed by atoms with Crippen molar-refractivity contribution >= 4 is 28.2 Å². The molecule has 0 saturated carbocycles. The maximum Gasteiger partial charge on any atom is 0.0722 e. The first-order valence-electron chi connectivity index (χ1n) is 7.03. The highest BCUT2D eigenvalue weighted by atomic mass is 35.5. The van der Waals surface area contributed by atoms with Crippen LogP contribution in [0.4, 0.5) is 5.69 Å². The van der Waals surface area contributed by atoms with E-state index in [0.717, 1.165) is 36.8 Å². The van der Waals surface area contributed by atoms with E-state index in [4.69, 9.17) is 11.6 Å². The Morgan fingerprint density at radius 1 is 1.26 bits per heavy atom. The molecule has 0 N–H and O–H groups in total. The van der Waals surface area contributed by atoms with E-state index in [1.807, 2.05) is 12.3 Å². The van der Waals surface area contributed by atoms with Crippen LogP contribution in [0.1, 0.15) is 19.3 Å². The summed E-state index contributed by atoms with van der Waals surface area (Å²) < 4.78 is 0. The maximum atomic E-state index is 5.90. The fourth-order valence-electron chi connectivity index (χ4n) is 3.03. The highest BCUT2D eigenvalue weighted by Crippen LogP contribution is 2.30. The van der Waals surface area contributed by atoms with Gasteiger partial charge in [0.05, 0.1) is 5.52 Å². The smallest absolute Gasteiger partial charge is 0.0722 e. The van der Waals surface area contributed by atoms with Gasteiger partial charge in [-0.05, 0) is 37.3 Å². The number of rotatable bonds is 3. The summed E-state index contributed by atoms with van der Waals surface area (Å²) in [5.41, 5.74) is 2.41. The van der Waals surface area contributed by atoms with E-state index in [-0.39, 0.29) is 0 Å². The number of hydrogen-bond acceptors (Lipinski definition) is 2. The van der Waals surface area contributed by atoms with Crippen molar-refractivity contribution in [3.8, 4) is 0 Å². The molecule has 0 spiro atoms. The third kappa shape index (κ3) is 2.69. The molecular formula is C16H19ClN2. The van der Waals surface area contributed by atoms with Gasteiger partial charge in [0.2, 0.25) is 0 Å². The van der Waals surface area contributed by atoms with Gasteiger partial charge in [-0.25, -0.2) is 0 Å². The summed E-state index contributed by atoms with van der Waals surface area (Å²) in [5, 5.41) is 1.26. The van der Waals surface area contributed by atoms with E-state index in [2.05, 4.69) is 34.1 Å². The van der Waals surface area contributed by atoms with Crippen molar-refractivity contribution in [1.29, 1.82) is 0 Å². The Hall–Kier alpha value is -1.28. The molecule has 0 amide bonds. The number of pyridine rings is 1. The van der Waals surface area contributed by atoms with Gasteiger partial charge < -0.3 is 4.90 Å². The molecule has 100 valence electrons. The number of fused-ring (bicyclic) bond motifs is 1. The summed E-state index contributed by atoms with van der Waals surface area (Å²) in [5.74, 6) is 1.51. The van der Waals surface area contributed by atoms with Gasteiger partial charge in [0.15, 0.2) is 0 Å². The molecule has 1 aliphatic heterocycles. The molecule has 19 heavy (non-hydrogen) atoms. The molecule has 2 nitrogen and oxygen atoms in total. The van der Waals surface area contributed by atoms with Gasteiger partial charge in [-0.3, -0.25) is 4.98 Å². The molecule has 0 bridgehead atoms. The average molecular weight is 275 g/mol. The molecule has 1 aliphatic rings. The number of benzene rings is 1. The normalized spacial score (nSPS) is 19.8. The Balaban J connectivity index is 1.91. The van der Waals surface area contributed by atoms with Crippen molar-refractivity contribution in [2.24, 2.45) is 5.92 Å². The minimum absolute atomic E-state index is 0.734. The zero-order valence-corrected chi connectivity index (χ0v) is 11.8. The highest BCUT2D eigenvalue weighted by Gasteiger charge is 2.20. The number of anilines is 1. The second-order valence-corrected chi connectivity index (χ2v) is 5.66. The Kier molecular flexibility index (Phi) is 3.88. The van der Waals surface area contributed by atoms with Crippen LogP contribution in [0.3, 0.4) is 0 Å². The van der Waals surface area contributed by atoms with Crippen LogP contribution in [0, 0.1) is 5.92 Å². The Labute approximate surface area is 119 Å². The van der Waals surface area contributed by atoms with Crippen molar-refractivity contribution in [2.45, 2.75) is 19.3 Å². The van der Waals surface area contributed by atoms with Crippen LogP contribution in [0.2, 0.25) is 0 Å². The number of halogens is 1. The first kappa shape index (κ1) is 12.7. The number of aromatic nitrogens is 1. The molecule has 3 heteroatoms. The minimum Gasteiger partial charge on any atom is -0.371 e. The standard InChI is InChI=1S/C16H19ClN2/c17-9-7-13-4-3-11-19(12-13)16-8-10-18-15-6-2-1-5-14(15)16/h1-2,5-6,8,10,13H,3-4,7,9,11-12H2. The van der Waals surface area contributed by atoms with E-state index >= 15 is 0 Å². The van der Waals surface area contributed by atoms with Crippen LogP contribution >= 0.6 is 11.6 Å². The fourth-order valence-corrected chi connectivity index (χ4v) is 3.34. The van der Waals surface area contributed by atoms with Crippen molar-refractivity contribution in [1.82, 2.24) is 4.98 Å². The van der Waals surface area contributed by atoms with Gasteiger partial charge >= 0.3 is 0 Å². The van der Waals surface area contributed by atoms with Gasteiger partial charge in [0, 0.05) is 36.2 Å². The summed E-state index contributed by atoms with van der Waals surface area (Å²) in [4.78, 5) is 6.95. The third-order valence-corrected chi connectivity index (χ3v) is 4.22. The van der Waals surface area contributed by atoms with Crippen LogP contribution < -0.4 is 4.90 Å². The molecule has 1 saturated heterocycles. The first-order valence-corrected chi connectivity index (χ1v) is 7.56. The van der Waals surface area contributed by atoms with Crippen molar-refractivity contribution in [2.75, 3.05) is 23.9 Å². The summed E-state index contributed by atoms with van der Waals surface area (Å²) in [6.07, 6.45) is 5.62. The zero-order chi connectivity index (χ0) is 13.1. The number of nitrogens with zero attached hydrogens (tertiary/aromatic N) is 2. The van der Waals surface area contributed by atoms with Gasteiger partial charge in [-0.1, -0.05) is 18.2 Å². The van der Waals surface area contributed by atoms with Gasteiger partial charge in [-0.15, -0.1) is 11.6 Å².